The topological polar surface area (TPSA) is 23.6 Å². The van der Waals surface area contributed by atoms with Gasteiger partial charge in [-0.15, -0.1) is 0 Å². The van der Waals surface area contributed by atoms with E-state index in [9.17, 15) is 4.79 Å². The number of nitrogens with zero attached hydrogens (tertiary/aromatic N) is 2. The van der Waals surface area contributed by atoms with Crippen LogP contribution in [0.15, 0.2) is 21.7 Å². The summed E-state index contributed by atoms with van der Waals surface area (Å²) in [5.74, 6) is 3.81. The molecule has 4 fully saturated rings. The number of hydrogen-bond donors (Lipinski definition) is 0. The Hall–Kier alpha value is -0.510. The number of halogens is 2. The van der Waals surface area contributed by atoms with E-state index in [1.165, 1.54) is 32.1 Å². The summed E-state index contributed by atoms with van der Waals surface area (Å²) in [6.07, 6.45) is 10.2. The third-order valence-corrected chi connectivity index (χ3v) is 8.64. The largest absolute Gasteiger partial charge is 0.271 e. The van der Waals surface area contributed by atoms with E-state index >= 15 is 0 Å². The average Bonchev–Trinajstić information content (AvgIpc) is 2.83. The van der Waals surface area contributed by atoms with E-state index in [0.29, 0.717) is 18.5 Å². The molecule has 0 spiro atoms. The van der Waals surface area contributed by atoms with Gasteiger partial charge in [0.1, 0.15) is 5.54 Å². The molecule has 5 heteroatoms. The first kappa shape index (κ1) is 17.6. The van der Waals surface area contributed by atoms with Crippen molar-refractivity contribution in [2.24, 2.45) is 23.7 Å². The molecule has 4 aliphatic carbocycles. The van der Waals surface area contributed by atoms with E-state index in [1.54, 1.807) is 0 Å². The van der Waals surface area contributed by atoms with Gasteiger partial charge in [-0.1, -0.05) is 23.2 Å². The molecule has 0 N–H and O–H groups in total. The Bertz CT molecular complexity index is 713. The molecule has 1 amide bonds. The van der Waals surface area contributed by atoms with Crippen molar-refractivity contribution in [3.05, 3.63) is 21.7 Å². The van der Waals surface area contributed by atoms with Gasteiger partial charge >= 0.3 is 0 Å². The van der Waals surface area contributed by atoms with Crippen molar-refractivity contribution in [1.29, 1.82) is 0 Å². The van der Waals surface area contributed by atoms with Crippen molar-refractivity contribution in [3.63, 3.8) is 0 Å². The summed E-state index contributed by atoms with van der Waals surface area (Å²) in [6.45, 7) is 4.77. The molecule has 1 heterocycles. The summed E-state index contributed by atoms with van der Waals surface area (Å²) in [5, 5.41) is 6.15. The van der Waals surface area contributed by atoms with Gasteiger partial charge in [-0.2, -0.15) is 5.01 Å². The van der Waals surface area contributed by atoms with Crippen LogP contribution in [-0.4, -0.2) is 34.1 Å². The maximum Gasteiger partial charge on any atom is 0.258 e. The second-order valence-electron chi connectivity index (χ2n) is 9.58. The molecule has 1 saturated heterocycles. The van der Waals surface area contributed by atoms with Gasteiger partial charge in [0.05, 0.1) is 6.04 Å². The normalized spacial score (nSPS) is 41.5. The molecule has 26 heavy (non-hydrogen) atoms. The fourth-order valence-electron chi connectivity index (χ4n) is 6.36. The molecule has 5 atom stereocenters. The van der Waals surface area contributed by atoms with E-state index in [4.69, 9.17) is 23.2 Å². The average molecular weight is 395 g/mol. The summed E-state index contributed by atoms with van der Waals surface area (Å²) in [4.78, 5) is 13.1. The maximum absolute atomic E-state index is 13.1. The Labute approximate surface area is 166 Å². The zero-order chi connectivity index (χ0) is 18.2. The van der Waals surface area contributed by atoms with Crippen LogP contribution in [0.4, 0.5) is 0 Å². The quantitative estimate of drug-likeness (QED) is 0.667. The van der Waals surface area contributed by atoms with Gasteiger partial charge < -0.3 is 0 Å². The monoisotopic (exact) mass is 394 g/mol. The van der Waals surface area contributed by atoms with Crippen LogP contribution < -0.4 is 0 Å². The number of hydrogen-bond acceptors (Lipinski definition) is 2. The third kappa shape index (κ3) is 2.46. The highest BCUT2D eigenvalue weighted by Crippen LogP contribution is 2.59. The molecule has 5 rings (SSSR count). The van der Waals surface area contributed by atoms with Crippen molar-refractivity contribution in [2.45, 2.75) is 70.4 Å². The Morgan fingerprint density at radius 2 is 1.85 bits per heavy atom. The van der Waals surface area contributed by atoms with Crippen LogP contribution in [0.1, 0.15) is 58.8 Å². The minimum atomic E-state index is -0.449. The SMILES string of the molecule is CC1(C)C(=O)N(C2CCC3CC4CC2CC34)N1CC1=C(Cl)CCC(Cl)=C1. The summed E-state index contributed by atoms with van der Waals surface area (Å²) in [6, 6.07) is 0.385. The van der Waals surface area contributed by atoms with Crippen LogP contribution >= 0.6 is 23.2 Å². The number of hydrazine groups is 1. The minimum Gasteiger partial charge on any atom is -0.271 e. The molecule has 0 aromatic carbocycles. The van der Waals surface area contributed by atoms with Gasteiger partial charge in [0.15, 0.2) is 0 Å². The number of fused-ring (bicyclic) bond motifs is 1. The number of rotatable bonds is 3. The molecular formula is C21H28Cl2N2O. The van der Waals surface area contributed by atoms with Crippen LogP contribution in [0, 0.1) is 23.7 Å². The number of amides is 1. The predicted molar refractivity (Wildman–Crippen MR) is 105 cm³/mol. The zero-order valence-corrected chi connectivity index (χ0v) is 17.2. The minimum absolute atomic E-state index is 0.282. The molecule has 142 valence electrons. The Kier molecular flexibility index (Phi) is 4.05. The van der Waals surface area contributed by atoms with E-state index in [2.05, 4.69) is 10.0 Å². The highest BCUT2D eigenvalue weighted by molar-refractivity contribution is 6.32. The van der Waals surface area contributed by atoms with Crippen molar-refractivity contribution in [1.82, 2.24) is 10.0 Å². The van der Waals surface area contributed by atoms with Crippen LogP contribution in [-0.2, 0) is 4.79 Å². The molecule has 0 aromatic rings. The van der Waals surface area contributed by atoms with E-state index in [1.807, 2.05) is 19.9 Å². The first-order valence-corrected chi connectivity index (χ1v) is 11.0. The predicted octanol–water partition coefficient (Wildman–Crippen LogP) is 5.06. The lowest BCUT2D eigenvalue weighted by Gasteiger charge is -2.59. The fourth-order valence-corrected chi connectivity index (χ4v) is 6.79. The molecule has 5 unspecified atom stereocenters. The lowest BCUT2D eigenvalue weighted by atomic mass is 9.64. The van der Waals surface area contributed by atoms with Crippen molar-refractivity contribution < 1.29 is 4.79 Å². The molecule has 1 aliphatic heterocycles. The smallest absolute Gasteiger partial charge is 0.258 e. The number of carbonyl (C=O) groups excluding carboxylic acids is 1. The Morgan fingerprint density at radius 1 is 1.08 bits per heavy atom. The maximum atomic E-state index is 13.1. The van der Waals surface area contributed by atoms with E-state index in [-0.39, 0.29) is 5.91 Å². The second kappa shape index (κ2) is 5.99. The molecular weight excluding hydrogens is 367 g/mol. The van der Waals surface area contributed by atoms with Crippen LogP contribution in [0.25, 0.3) is 0 Å². The molecule has 3 saturated carbocycles. The summed E-state index contributed by atoms with van der Waals surface area (Å²) >= 11 is 12.8. The van der Waals surface area contributed by atoms with Crippen molar-refractivity contribution in [3.8, 4) is 0 Å². The Morgan fingerprint density at radius 3 is 2.65 bits per heavy atom. The molecule has 5 aliphatic rings. The van der Waals surface area contributed by atoms with Gasteiger partial charge in [-0.3, -0.25) is 9.80 Å². The highest BCUT2D eigenvalue weighted by atomic mass is 35.5. The summed E-state index contributed by atoms with van der Waals surface area (Å²) < 4.78 is 0. The summed E-state index contributed by atoms with van der Waals surface area (Å²) in [7, 11) is 0. The second-order valence-corrected chi connectivity index (χ2v) is 10.5. The summed E-state index contributed by atoms with van der Waals surface area (Å²) in [5.41, 5.74) is 0.629. The lowest BCUT2D eigenvalue weighted by molar-refractivity contribution is -0.228. The van der Waals surface area contributed by atoms with Gasteiger partial charge in [-0.05, 0) is 94.1 Å². The first-order chi connectivity index (χ1) is 12.4. The zero-order valence-electron chi connectivity index (χ0n) is 15.7. The third-order valence-electron chi connectivity index (χ3n) is 7.91. The van der Waals surface area contributed by atoms with Gasteiger partial charge in [0.25, 0.3) is 5.91 Å². The lowest BCUT2D eigenvalue weighted by Crippen LogP contribution is -2.77. The van der Waals surface area contributed by atoms with E-state index < -0.39 is 5.54 Å². The molecule has 3 nitrogen and oxygen atoms in total. The van der Waals surface area contributed by atoms with Gasteiger partial charge in [0, 0.05) is 16.6 Å². The van der Waals surface area contributed by atoms with Gasteiger partial charge in [0.2, 0.25) is 0 Å². The molecule has 0 aromatic heterocycles. The van der Waals surface area contributed by atoms with Crippen LogP contribution in [0.2, 0.25) is 0 Å². The van der Waals surface area contributed by atoms with Crippen molar-refractivity contribution in [2.75, 3.05) is 6.54 Å². The molecule has 2 bridgehead atoms. The standard InChI is InChI=1S/C21H28Cl2N2O/c1-21(2)20(26)25(24(21)11-15-9-16(22)4-5-18(15)23)19-6-3-12-7-13-8-14(19)10-17(12)13/h9,12-14,17,19H,3-8,10-11H2,1-2H3. The fraction of sp³-hybridized carbons (Fsp3) is 0.762. The first-order valence-electron chi connectivity index (χ1n) is 10.2. The number of carbonyl (C=O) groups is 1. The van der Waals surface area contributed by atoms with E-state index in [0.717, 1.165) is 46.2 Å². The number of allylic oxidation sites excluding steroid dienone is 2. The highest BCUT2D eigenvalue weighted by Gasteiger charge is 2.59. The molecule has 0 radical (unpaired) electrons. The van der Waals surface area contributed by atoms with Crippen LogP contribution in [0.5, 0.6) is 0 Å². The van der Waals surface area contributed by atoms with Crippen molar-refractivity contribution >= 4 is 29.1 Å². The van der Waals surface area contributed by atoms with Gasteiger partial charge in [-0.25, -0.2) is 0 Å². The van der Waals surface area contributed by atoms with Crippen LogP contribution in [0.3, 0.4) is 0 Å². The Balaban J connectivity index is 1.40.